The molecule has 0 amide bonds. The number of carbonyl (C=O) groups is 1. The minimum absolute atomic E-state index is 0.177. The molecule has 3 rings (SSSR count). The first-order valence-corrected chi connectivity index (χ1v) is 10.7. The highest BCUT2D eigenvalue weighted by atomic mass is 32.1. The van der Waals surface area contributed by atoms with Crippen molar-refractivity contribution < 1.29 is 19.0 Å². The smallest absolute Gasteiger partial charge is 0.338 e. The molecule has 0 aliphatic heterocycles. The van der Waals surface area contributed by atoms with Gasteiger partial charge < -0.3 is 19.5 Å². The number of thiazole rings is 1. The van der Waals surface area contributed by atoms with E-state index in [-0.39, 0.29) is 12.1 Å². The van der Waals surface area contributed by atoms with Crippen LogP contribution < -0.4 is 14.8 Å². The Kier molecular flexibility index (Phi) is 7.47. The van der Waals surface area contributed by atoms with Crippen LogP contribution in [0.3, 0.4) is 0 Å². The second kappa shape index (κ2) is 10.5. The summed E-state index contributed by atoms with van der Waals surface area (Å²) >= 11 is 1.37. The molecule has 1 N–H and O–H groups in total. The van der Waals surface area contributed by atoms with E-state index in [4.69, 9.17) is 14.2 Å². The summed E-state index contributed by atoms with van der Waals surface area (Å²) in [4.78, 5) is 16.5. The molecule has 0 bridgehead atoms. The number of nitrogens with one attached hydrogen (secondary N) is 1. The topological polar surface area (TPSA) is 93.5 Å². The van der Waals surface area contributed by atoms with Crippen molar-refractivity contribution in [2.75, 3.05) is 19.5 Å². The largest absolute Gasteiger partial charge is 0.493 e. The molecular weight excluding hydrogens is 426 g/mol. The van der Waals surface area contributed by atoms with Gasteiger partial charge in [0.05, 0.1) is 31.6 Å². The summed E-state index contributed by atoms with van der Waals surface area (Å²) in [6.07, 6.45) is 1.42. The Morgan fingerprint density at radius 2 is 1.84 bits per heavy atom. The van der Waals surface area contributed by atoms with E-state index in [1.807, 2.05) is 23.6 Å². The van der Waals surface area contributed by atoms with E-state index in [1.54, 1.807) is 58.5 Å². The zero-order valence-corrected chi connectivity index (χ0v) is 19.0. The van der Waals surface area contributed by atoms with Crippen molar-refractivity contribution in [3.05, 3.63) is 64.6 Å². The molecule has 0 aliphatic rings. The Morgan fingerprint density at radius 1 is 1.12 bits per heavy atom. The zero-order chi connectivity index (χ0) is 23.1. The molecule has 8 heteroatoms. The number of carbonyl (C=O) groups excluding carboxylic acids is 1. The summed E-state index contributed by atoms with van der Waals surface area (Å²) in [5.74, 6) is 0.875. The molecule has 0 fully saturated rings. The SMILES string of the molecule is COc1ccc(-c2csc(C(C#N)=CNc3ccc(C(=O)OC(C)C)cc3)n2)cc1OC. The number of anilines is 1. The molecule has 0 saturated heterocycles. The molecule has 32 heavy (non-hydrogen) atoms. The maximum absolute atomic E-state index is 11.9. The number of hydrogen-bond donors (Lipinski definition) is 1. The third-order valence-electron chi connectivity index (χ3n) is 4.38. The monoisotopic (exact) mass is 449 g/mol. The van der Waals surface area contributed by atoms with Crippen LogP contribution >= 0.6 is 11.3 Å². The van der Waals surface area contributed by atoms with Crippen LogP contribution in [-0.4, -0.2) is 31.3 Å². The van der Waals surface area contributed by atoms with Crippen LogP contribution in [0.15, 0.2) is 54.0 Å². The van der Waals surface area contributed by atoms with Gasteiger partial charge in [0.2, 0.25) is 0 Å². The van der Waals surface area contributed by atoms with Gasteiger partial charge in [0.1, 0.15) is 16.6 Å². The lowest BCUT2D eigenvalue weighted by Crippen LogP contribution is -2.11. The maximum Gasteiger partial charge on any atom is 0.338 e. The van der Waals surface area contributed by atoms with Crippen LogP contribution in [0.4, 0.5) is 5.69 Å². The highest BCUT2D eigenvalue weighted by molar-refractivity contribution is 7.11. The van der Waals surface area contributed by atoms with E-state index >= 15 is 0 Å². The Labute approximate surface area is 190 Å². The first-order valence-electron chi connectivity index (χ1n) is 9.81. The lowest BCUT2D eigenvalue weighted by molar-refractivity contribution is 0.0378. The standard InChI is InChI=1S/C24H23N3O4S/c1-15(2)31-24(28)16-5-8-19(9-6-16)26-13-18(12-25)23-27-20(14-32-23)17-7-10-21(29-3)22(11-17)30-4/h5-11,13-15,26H,1-4H3. The van der Waals surface area contributed by atoms with Crippen LogP contribution in [0, 0.1) is 11.3 Å². The lowest BCUT2D eigenvalue weighted by Gasteiger charge is -2.08. The van der Waals surface area contributed by atoms with Gasteiger partial charge in [0.15, 0.2) is 11.5 Å². The number of methoxy groups -OCH3 is 2. The van der Waals surface area contributed by atoms with E-state index in [0.717, 1.165) is 16.9 Å². The fraction of sp³-hybridized carbons (Fsp3) is 0.208. The second-order valence-corrected chi connectivity index (χ2v) is 7.81. The van der Waals surface area contributed by atoms with Crippen LogP contribution in [0.2, 0.25) is 0 Å². The third-order valence-corrected chi connectivity index (χ3v) is 5.26. The minimum atomic E-state index is -0.370. The van der Waals surface area contributed by atoms with Gasteiger partial charge in [-0.15, -0.1) is 11.3 Å². The molecule has 164 valence electrons. The molecule has 3 aromatic rings. The summed E-state index contributed by atoms with van der Waals surface area (Å²) in [6, 6.07) is 14.6. The molecule has 1 aromatic heterocycles. The summed E-state index contributed by atoms with van der Waals surface area (Å²) in [7, 11) is 3.16. The van der Waals surface area contributed by atoms with Crippen LogP contribution in [-0.2, 0) is 4.74 Å². The highest BCUT2D eigenvalue weighted by Gasteiger charge is 2.12. The van der Waals surface area contributed by atoms with E-state index < -0.39 is 0 Å². The molecule has 1 heterocycles. The summed E-state index contributed by atoms with van der Waals surface area (Å²) in [6.45, 7) is 3.61. The maximum atomic E-state index is 11.9. The van der Waals surface area contributed by atoms with Crippen LogP contribution in [0.25, 0.3) is 16.8 Å². The molecule has 7 nitrogen and oxygen atoms in total. The lowest BCUT2D eigenvalue weighted by atomic mass is 10.1. The Balaban J connectivity index is 1.75. The number of allylic oxidation sites excluding steroid dienone is 1. The highest BCUT2D eigenvalue weighted by Crippen LogP contribution is 2.33. The predicted octanol–water partition coefficient (Wildman–Crippen LogP) is 5.37. The van der Waals surface area contributed by atoms with Gasteiger partial charge in [-0.2, -0.15) is 5.26 Å². The molecular formula is C24H23N3O4S. The fourth-order valence-corrected chi connectivity index (χ4v) is 3.60. The summed E-state index contributed by atoms with van der Waals surface area (Å²) < 4.78 is 15.8. The Morgan fingerprint density at radius 3 is 2.47 bits per heavy atom. The number of nitrogens with zero attached hydrogens (tertiary/aromatic N) is 2. The number of hydrogen-bond acceptors (Lipinski definition) is 8. The number of nitriles is 1. The van der Waals surface area contributed by atoms with Crippen molar-refractivity contribution >= 4 is 28.6 Å². The van der Waals surface area contributed by atoms with E-state index in [2.05, 4.69) is 16.4 Å². The average molecular weight is 450 g/mol. The Hall–Kier alpha value is -3.83. The fourth-order valence-electron chi connectivity index (χ4n) is 2.81. The van der Waals surface area contributed by atoms with Crippen molar-refractivity contribution in [1.82, 2.24) is 4.98 Å². The molecule has 0 spiro atoms. The minimum Gasteiger partial charge on any atom is -0.493 e. The van der Waals surface area contributed by atoms with Gasteiger partial charge in [-0.25, -0.2) is 9.78 Å². The van der Waals surface area contributed by atoms with Gasteiger partial charge in [-0.05, 0) is 56.3 Å². The van der Waals surface area contributed by atoms with E-state index in [1.165, 1.54) is 11.3 Å². The first kappa shape index (κ1) is 22.8. The van der Waals surface area contributed by atoms with Crippen molar-refractivity contribution in [2.45, 2.75) is 20.0 Å². The average Bonchev–Trinajstić information content (AvgIpc) is 3.29. The Bertz CT molecular complexity index is 1160. The quantitative estimate of drug-likeness (QED) is 0.365. The van der Waals surface area contributed by atoms with Gasteiger partial charge >= 0.3 is 5.97 Å². The van der Waals surface area contributed by atoms with Crippen molar-refractivity contribution in [3.63, 3.8) is 0 Å². The predicted molar refractivity (Wildman–Crippen MR) is 125 cm³/mol. The van der Waals surface area contributed by atoms with Gasteiger partial charge in [-0.1, -0.05) is 0 Å². The second-order valence-electron chi connectivity index (χ2n) is 6.95. The number of esters is 1. The molecule has 0 aliphatic carbocycles. The van der Waals surface area contributed by atoms with Crippen molar-refractivity contribution in [2.24, 2.45) is 0 Å². The van der Waals surface area contributed by atoms with Crippen LogP contribution in [0.5, 0.6) is 11.5 Å². The summed E-state index contributed by atoms with van der Waals surface area (Å²) in [5, 5.41) is 15.1. The number of ether oxygens (including phenoxy) is 3. The molecule has 0 unspecified atom stereocenters. The molecule has 2 aromatic carbocycles. The zero-order valence-electron chi connectivity index (χ0n) is 18.2. The van der Waals surface area contributed by atoms with Gasteiger partial charge in [0.25, 0.3) is 0 Å². The van der Waals surface area contributed by atoms with Crippen molar-refractivity contribution in [1.29, 1.82) is 5.26 Å². The third kappa shape index (κ3) is 5.45. The van der Waals surface area contributed by atoms with Gasteiger partial charge in [0, 0.05) is 22.8 Å². The number of benzene rings is 2. The normalized spacial score (nSPS) is 11.1. The van der Waals surface area contributed by atoms with Gasteiger partial charge in [-0.3, -0.25) is 0 Å². The van der Waals surface area contributed by atoms with E-state index in [9.17, 15) is 10.1 Å². The molecule has 0 saturated carbocycles. The number of rotatable bonds is 8. The molecule has 0 radical (unpaired) electrons. The van der Waals surface area contributed by atoms with Crippen LogP contribution in [0.1, 0.15) is 29.2 Å². The summed E-state index contributed by atoms with van der Waals surface area (Å²) in [5.41, 5.74) is 3.19. The number of aromatic nitrogens is 1. The molecule has 0 atom stereocenters. The first-order chi connectivity index (χ1) is 15.4. The van der Waals surface area contributed by atoms with Crippen molar-refractivity contribution in [3.8, 4) is 28.8 Å². The van der Waals surface area contributed by atoms with E-state index in [0.29, 0.717) is 27.6 Å².